The van der Waals surface area contributed by atoms with E-state index in [0.29, 0.717) is 0 Å². The predicted octanol–water partition coefficient (Wildman–Crippen LogP) is 2.74. The van der Waals surface area contributed by atoms with E-state index in [-0.39, 0.29) is 11.6 Å². The van der Waals surface area contributed by atoms with Crippen LogP contribution in [-0.2, 0) is 0 Å². The van der Waals surface area contributed by atoms with Gasteiger partial charge in [-0.3, -0.25) is 9.88 Å². The molecule has 3 nitrogen and oxygen atoms in total. The van der Waals surface area contributed by atoms with Crippen LogP contribution in [0.4, 0.5) is 0 Å². The molecule has 1 heterocycles. The van der Waals surface area contributed by atoms with Gasteiger partial charge in [-0.1, -0.05) is 32.8 Å². The van der Waals surface area contributed by atoms with Crippen molar-refractivity contribution in [1.82, 2.24) is 9.88 Å². The van der Waals surface area contributed by atoms with Gasteiger partial charge in [-0.2, -0.15) is 0 Å². The second-order valence-electron chi connectivity index (χ2n) is 5.25. The number of nitrogens with zero attached hydrogens (tertiary/aromatic N) is 2. The van der Waals surface area contributed by atoms with E-state index in [9.17, 15) is 0 Å². The fraction of sp³-hybridized carbons (Fsp3) is 0.667. The molecule has 2 N–H and O–H groups in total. The molecule has 1 aliphatic carbocycles. The molecule has 1 saturated carbocycles. The summed E-state index contributed by atoms with van der Waals surface area (Å²) < 4.78 is 0. The highest BCUT2D eigenvalue weighted by Gasteiger charge is 2.43. The fourth-order valence-electron chi connectivity index (χ4n) is 3.53. The molecule has 1 unspecified atom stereocenters. The minimum Gasteiger partial charge on any atom is -0.322 e. The monoisotopic (exact) mass is 247 g/mol. The van der Waals surface area contributed by atoms with Crippen LogP contribution in [0.25, 0.3) is 0 Å². The predicted molar refractivity (Wildman–Crippen MR) is 75.3 cm³/mol. The van der Waals surface area contributed by atoms with E-state index in [2.05, 4.69) is 29.8 Å². The zero-order valence-corrected chi connectivity index (χ0v) is 11.6. The molecule has 1 atom stereocenters. The van der Waals surface area contributed by atoms with Gasteiger partial charge in [-0.05, 0) is 37.6 Å². The van der Waals surface area contributed by atoms with Crippen LogP contribution in [0, 0.1) is 0 Å². The van der Waals surface area contributed by atoms with E-state index in [1.807, 2.05) is 18.5 Å². The Labute approximate surface area is 110 Å². The highest BCUT2D eigenvalue weighted by atomic mass is 15.2. The van der Waals surface area contributed by atoms with E-state index in [0.717, 1.165) is 13.1 Å². The van der Waals surface area contributed by atoms with Crippen molar-refractivity contribution in [3.63, 3.8) is 0 Å². The van der Waals surface area contributed by atoms with Gasteiger partial charge in [0.25, 0.3) is 0 Å². The minimum atomic E-state index is 0.0774. The van der Waals surface area contributed by atoms with Crippen molar-refractivity contribution in [3.8, 4) is 0 Å². The highest BCUT2D eigenvalue weighted by Crippen LogP contribution is 2.43. The molecule has 1 aliphatic rings. The third-order valence-corrected chi connectivity index (χ3v) is 4.49. The van der Waals surface area contributed by atoms with Gasteiger partial charge in [-0.25, -0.2) is 0 Å². The maximum atomic E-state index is 6.61. The van der Waals surface area contributed by atoms with Crippen molar-refractivity contribution in [1.29, 1.82) is 0 Å². The van der Waals surface area contributed by atoms with Crippen molar-refractivity contribution >= 4 is 0 Å². The summed E-state index contributed by atoms with van der Waals surface area (Å²) >= 11 is 0. The van der Waals surface area contributed by atoms with E-state index in [1.54, 1.807) is 0 Å². The first kappa shape index (κ1) is 13.5. The number of rotatable bonds is 5. The van der Waals surface area contributed by atoms with Gasteiger partial charge in [0.15, 0.2) is 0 Å². The molecule has 0 aliphatic heterocycles. The smallest absolute Gasteiger partial charge is 0.0497 e. The fourth-order valence-corrected chi connectivity index (χ4v) is 3.53. The number of hydrogen-bond donors (Lipinski definition) is 1. The third kappa shape index (κ3) is 2.29. The quantitative estimate of drug-likeness (QED) is 0.870. The zero-order chi connectivity index (χ0) is 13.0. The van der Waals surface area contributed by atoms with Crippen molar-refractivity contribution in [2.45, 2.75) is 51.1 Å². The van der Waals surface area contributed by atoms with E-state index in [4.69, 9.17) is 5.73 Å². The lowest BCUT2D eigenvalue weighted by atomic mass is 9.83. The molecule has 18 heavy (non-hydrogen) atoms. The molecule has 1 fully saturated rings. The summed E-state index contributed by atoms with van der Waals surface area (Å²) in [6.07, 6.45) is 8.76. The normalized spacial score (nSPS) is 20.2. The van der Waals surface area contributed by atoms with Crippen molar-refractivity contribution in [2.75, 3.05) is 13.1 Å². The summed E-state index contributed by atoms with van der Waals surface area (Å²) in [5, 5.41) is 0. The molecule has 0 bridgehead atoms. The Balaban J connectivity index is 2.30. The SMILES string of the molecule is CCN(CC)C1(C(N)c2cccnc2)CCCC1. The molecular formula is C15H25N3. The van der Waals surface area contributed by atoms with Crippen LogP contribution in [0.5, 0.6) is 0 Å². The van der Waals surface area contributed by atoms with Crippen LogP contribution in [0.1, 0.15) is 51.1 Å². The Morgan fingerprint density at radius 2 is 2.00 bits per heavy atom. The lowest BCUT2D eigenvalue weighted by Gasteiger charge is -2.44. The first-order chi connectivity index (χ1) is 8.74. The number of hydrogen-bond acceptors (Lipinski definition) is 3. The van der Waals surface area contributed by atoms with Crippen LogP contribution in [-0.4, -0.2) is 28.5 Å². The van der Waals surface area contributed by atoms with Gasteiger partial charge in [0, 0.05) is 24.0 Å². The van der Waals surface area contributed by atoms with Gasteiger partial charge >= 0.3 is 0 Å². The average Bonchev–Trinajstić information content (AvgIpc) is 2.91. The van der Waals surface area contributed by atoms with Crippen LogP contribution in [0.2, 0.25) is 0 Å². The van der Waals surface area contributed by atoms with Crippen LogP contribution < -0.4 is 5.73 Å². The third-order valence-electron chi connectivity index (χ3n) is 4.49. The zero-order valence-electron chi connectivity index (χ0n) is 11.6. The molecule has 2 rings (SSSR count). The van der Waals surface area contributed by atoms with Crippen molar-refractivity contribution in [3.05, 3.63) is 30.1 Å². The number of nitrogens with two attached hydrogens (primary N) is 1. The maximum absolute atomic E-state index is 6.61. The Morgan fingerprint density at radius 3 is 2.50 bits per heavy atom. The van der Waals surface area contributed by atoms with Crippen molar-refractivity contribution < 1.29 is 0 Å². The number of likely N-dealkylation sites (N-methyl/N-ethyl adjacent to an activating group) is 1. The second-order valence-corrected chi connectivity index (χ2v) is 5.25. The van der Waals surface area contributed by atoms with E-state index in [1.165, 1.54) is 31.2 Å². The first-order valence-electron chi connectivity index (χ1n) is 7.15. The Bertz CT molecular complexity index is 353. The van der Waals surface area contributed by atoms with Crippen LogP contribution in [0.15, 0.2) is 24.5 Å². The van der Waals surface area contributed by atoms with Gasteiger partial charge in [0.2, 0.25) is 0 Å². The van der Waals surface area contributed by atoms with Gasteiger partial charge in [0.1, 0.15) is 0 Å². The summed E-state index contributed by atoms with van der Waals surface area (Å²) in [5.74, 6) is 0. The maximum Gasteiger partial charge on any atom is 0.0497 e. The summed E-state index contributed by atoms with van der Waals surface area (Å²) in [6, 6.07) is 4.18. The summed E-state index contributed by atoms with van der Waals surface area (Å²) in [7, 11) is 0. The van der Waals surface area contributed by atoms with Crippen molar-refractivity contribution in [2.24, 2.45) is 5.73 Å². The summed E-state index contributed by atoms with van der Waals surface area (Å²) in [5.41, 5.74) is 7.92. The number of aromatic nitrogens is 1. The van der Waals surface area contributed by atoms with E-state index < -0.39 is 0 Å². The standard InChI is InChI=1S/C15H25N3/c1-3-18(4-2)15(9-5-6-10-15)14(16)13-8-7-11-17-12-13/h7-8,11-12,14H,3-6,9-10,16H2,1-2H3. The Morgan fingerprint density at radius 1 is 1.33 bits per heavy atom. The molecule has 0 amide bonds. The largest absolute Gasteiger partial charge is 0.322 e. The minimum absolute atomic E-state index is 0.0774. The molecule has 0 saturated heterocycles. The molecule has 1 aromatic heterocycles. The average molecular weight is 247 g/mol. The molecule has 0 radical (unpaired) electrons. The number of pyridine rings is 1. The van der Waals surface area contributed by atoms with Gasteiger partial charge in [0.05, 0.1) is 0 Å². The van der Waals surface area contributed by atoms with Gasteiger partial charge in [-0.15, -0.1) is 0 Å². The topological polar surface area (TPSA) is 42.1 Å². The summed E-state index contributed by atoms with van der Waals surface area (Å²) in [4.78, 5) is 6.77. The lowest BCUT2D eigenvalue weighted by molar-refractivity contribution is 0.0769. The highest BCUT2D eigenvalue weighted by molar-refractivity contribution is 5.20. The van der Waals surface area contributed by atoms with Crippen LogP contribution in [0.3, 0.4) is 0 Å². The first-order valence-corrected chi connectivity index (χ1v) is 7.15. The molecule has 1 aromatic rings. The molecule has 0 aromatic carbocycles. The van der Waals surface area contributed by atoms with Crippen LogP contribution >= 0.6 is 0 Å². The molecular weight excluding hydrogens is 222 g/mol. The summed E-state index contributed by atoms with van der Waals surface area (Å²) in [6.45, 7) is 6.62. The lowest BCUT2D eigenvalue weighted by Crippen LogP contribution is -2.53. The Kier molecular flexibility index (Phi) is 4.36. The van der Waals surface area contributed by atoms with E-state index >= 15 is 0 Å². The molecule has 0 spiro atoms. The Hall–Kier alpha value is -0.930. The molecule has 100 valence electrons. The van der Waals surface area contributed by atoms with Gasteiger partial charge < -0.3 is 5.73 Å². The molecule has 3 heteroatoms. The second kappa shape index (κ2) is 5.81.